The van der Waals surface area contributed by atoms with E-state index in [-0.39, 0.29) is 0 Å². The highest BCUT2D eigenvalue weighted by molar-refractivity contribution is 5.47. The van der Waals surface area contributed by atoms with Crippen molar-refractivity contribution in [1.82, 2.24) is 4.90 Å². The molecule has 78 valence electrons. The summed E-state index contributed by atoms with van der Waals surface area (Å²) in [6.07, 6.45) is 3.35. The predicted octanol–water partition coefficient (Wildman–Crippen LogP) is 2.54. The zero-order valence-corrected chi connectivity index (χ0v) is 9.42. The zero-order valence-electron chi connectivity index (χ0n) is 9.42. The SMILES string of the molecule is CC.CC(C)C1CCN(C=O)CC1. The molecule has 1 aliphatic heterocycles. The molecule has 1 amide bonds. The second-order valence-electron chi connectivity index (χ2n) is 3.72. The molecule has 2 nitrogen and oxygen atoms in total. The highest BCUT2D eigenvalue weighted by Crippen LogP contribution is 2.23. The minimum atomic E-state index is 0.781. The Morgan fingerprint density at radius 1 is 1.23 bits per heavy atom. The smallest absolute Gasteiger partial charge is 0.209 e. The van der Waals surface area contributed by atoms with Gasteiger partial charge in [0.25, 0.3) is 0 Å². The second-order valence-corrected chi connectivity index (χ2v) is 3.72. The Balaban J connectivity index is 0.000000671. The van der Waals surface area contributed by atoms with Crippen molar-refractivity contribution in [3.63, 3.8) is 0 Å². The van der Waals surface area contributed by atoms with Gasteiger partial charge in [0.05, 0.1) is 0 Å². The second kappa shape index (κ2) is 6.93. The minimum absolute atomic E-state index is 0.781. The summed E-state index contributed by atoms with van der Waals surface area (Å²) in [5, 5.41) is 0. The normalized spacial score (nSPS) is 18.1. The fraction of sp³-hybridized carbons (Fsp3) is 0.909. The van der Waals surface area contributed by atoms with Crippen molar-refractivity contribution in [1.29, 1.82) is 0 Å². The fourth-order valence-corrected chi connectivity index (χ4v) is 1.69. The lowest BCUT2D eigenvalue weighted by Gasteiger charge is -2.31. The Labute approximate surface area is 82.3 Å². The third kappa shape index (κ3) is 4.30. The van der Waals surface area contributed by atoms with Gasteiger partial charge in [-0.05, 0) is 24.7 Å². The van der Waals surface area contributed by atoms with Gasteiger partial charge < -0.3 is 4.90 Å². The average Bonchev–Trinajstić information content (AvgIpc) is 2.21. The van der Waals surface area contributed by atoms with Gasteiger partial charge in [-0.3, -0.25) is 4.79 Å². The van der Waals surface area contributed by atoms with Crippen molar-refractivity contribution in [3.8, 4) is 0 Å². The maximum Gasteiger partial charge on any atom is 0.209 e. The van der Waals surface area contributed by atoms with E-state index in [1.165, 1.54) is 12.8 Å². The van der Waals surface area contributed by atoms with Gasteiger partial charge in [0.2, 0.25) is 6.41 Å². The molecule has 13 heavy (non-hydrogen) atoms. The molecule has 1 rings (SSSR count). The fourth-order valence-electron chi connectivity index (χ4n) is 1.69. The number of carbonyl (C=O) groups is 1. The van der Waals surface area contributed by atoms with Gasteiger partial charge in [-0.2, -0.15) is 0 Å². The van der Waals surface area contributed by atoms with E-state index in [4.69, 9.17) is 0 Å². The molecule has 0 atom stereocenters. The molecule has 1 aliphatic rings. The molecule has 0 spiro atoms. The lowest BCUT2D eigenvalue weighted by Crippen LogP contribution is -2.34. The largest absolute Gasteiger partial charge is 0.345 e. The molecule has 0 aromatic carbocycles. The summed E-state index contributed by atoms with van der Waals surface area (Å²) in [5.74, 6) is 1.62. The van der Waals surface area contributed by atoms with Crippen molar-refractivity contribution >= 4 is 6.41 Å². The molecular formula is C11H23NO. The molecule has 0 N–H and O–H groups in total. The van der Waals surface area contributed by atoms with Crippen LogP contribution < -0.4 is 0 Å². The first-order valence-corrected chi connectivity index (χ1v) is 5.43. The maximum absolute atomic E-state index is 10.4. The first-order valence-electron chi connectivity index (χ1n) is 5.43. The highest BCUT2D eigenvalue weighted by atomic mass is 16.1. The predicted molar refractivity (Wildman–Crippen MR) is 56.5 cm³/mol. The van der Waals surface area contributed by atoms with Gasteiger partial charge in [0.1, 0.15) is 0 Å². The summed E-state index contributed by atoms with van der Waals surface area (Å²) in [6.45, 7) is 10.5. The summed E-state index contributed by atoms with van der Waals surface area (Å²) in [4.78, 5) is 12.2. The standard InChI is InChI=1S/C9H17NO.C2H6/c1-8(2)9-3-5-10(7-11)6-4-9;1-2/h7-9H,3-6H2,1-2H3;1-2H3. The molecule has 0 aromatic heterocycles. The van der Waals surface area contributed by atoms with E-state index in [9.17, 15) is 4.79 Å². The van der Waals surface area contributed by atoms with Crippen molar-refractivity contribution in [3.05, 3.63) is 0 Å². The van der Waals surface area contributed by atoms with Crippen LogP contribution in [0.15, 0.2) is 0 Å². The number of likely N-dealkylation sites (tertiary alicyclic amines) is 1. The van der Waals surface area contributed by atoms with E-state index in [0.29, 0.717) is 0 Å². The summed E-state index contributed by atoms with van der Waals surface area (Å²) in [5.41, 5.74) is 0. The number of rotatable bonds is 2. The van der Waals surface area contributed by atoms with E-state index in [2.05, 4.69) is 13.8 Å². The first kappa shape index (κ1) is 12.5. The van der Waals surface area contributed by atoms with Gasteiger partial charge >= 0.3 is 0 Å². The summed E-state index contributed by atoms with van der Waals surface area (Å²) >= 11 is 0. The Hall–Kier alpha value is -0.530. The topological polar surface area (TPSA) is 20.3 Å². The molecule has 0 radical (unpaired) electrons. The zero-order chi connectivity index (χ0) is 10.3. The molecular weight excluding hydrogens is 162 g/mol. The molecule has 0 aliphatic carbocycles. The van der Waals surface area contributed by atoms with Gasteiger partial charge in [0.15, 0.2) is 0 Å². The molecule has 0 unspecified atom stereocenters. The van der Waals surface area contributed by atoms with Gasteiger partial charge in [-0.25, -0.2) is 0 Å². The number of piperidine rings is 1. The van der Waals surface area contributed by atoms with E-state index in [0.717, 1.165) is 31.3 Å². The lowest BCUT2D eigenvalue weighted by molar-refractivity contribution is -0.119. The van der Waals surface area contributed by atoms with E-state index in [1.54, 1.807) is 0 Å². The Morgan fingerprint density at radius 2 is 1.69 bits per heavy atom. The van der Waals surface area contributed by atoms with Crippen LogP contribution in [0.2, 0.25) is 0 Å². The minimum Gasteiger partial charge on any atom is -0.345 e. The summed E-state index contributed by atoms with van der Waals surface area (Å²) in [6, 6.07) is 0. The van der Waals surface area contributed by atoms with Gasteiger partial charge in [-0.1, -0.05) is 27.7 Å². The third-order valence-corrected chi connectivity index (χ3v) is 2.67. The van der Waals surface area contributed by atoms with Gasteiger partial charge in [0, 0.05) is 13.1 Å². The molecule has 1 saturated heterocycles. The number of hydrogen-bond acceptors (Lipinski definition) is 1. The van der Waals surface area contributed by atoms with Crippen LogP contribution in [-0.4, -0.2) is 24.4 Å². The van der Waals surface area contributed by atoms with Crippen molar-refractivity contribution in [2.45, 2.75) is 40.5 Å². The van der Waals surface area contributed by atoms with Crippen LogP contribution in [0.5, 0.6) is 0 Å². The Kier molecular flexibility index (Phi) is 6.65. The molecule has 0 saturated carbocycles. The van der Waals surface area contributed by atoms with Crippen molar-refractivity contribution < 1.29 is 4.79 Å². The van der Waals surface area contributed by atoms with E-state index >= 15 is 0 Å². The summed E-state index contributed by atoms with van der Waals surface area (Å²) < 4.78 is 0. The van der Waals surface area contributed by atoms with Crippen molar-refractivity contribution in [2.75, 3.05) is 13.1 Å². The quantitative estimate of drug-likeness (QED) is 0.605. The Morgan fingerprint density at radius 3 is 2.00 bits per heavy atom. The van der Waals surface area contributed by atoms with E-state index < -0.39 is 0 Å². The highest BCUT2D eigenvalue weighted by Gasteiger charge is 2.19. The molecule has 1 fully saturated rings. The molecule has 1 heterocycles. The number of amides is 1. The molecule has 2 heteroatoms. The van der Waals surface area contributed by atoms with Crippen LogP contribution in [0, 0.1) is 11.8 Å². The number of nitrogens with zero attached hydrogens (tertiary/aromatic N) is 1. The maximum atomic E-state index is 10.4. The summed E-state index contributed by atoms with van der Waals surface area (Å²) in [7, 11) is 0. The van der Waals surface area contributed by atoms with Crippen LogP contribution in [0.3, 0.4) is 0 Å². The monoisotopic (exact) mass is 185 g/mol. The van der Waals surface area contributed by atoms with Crippen LogP contribution in [0.1, 0.15) is 40.5 Å². The van der Waals surface area contributed by atoms with Crippen LogP contribution >= 0.6 is 0 Å². The van der Waals surface area contributed by atoms with Gasteiger partial charge in [-0.15, -0.1) is 0 Å². The number of hydrogen-bond donors (Lipinski definition) is 0. The third-order valence-electron chi connectivity index (χ3n) is 2.67. The molecule has 0 bridgehead atoms. The van der Waals surface area contributed by atoms with Crippen LogP contribution in [0.4, 0.5) is 0 Å². The molecule has 0 aromatic rings. The van der Waals surface area contributed by atoms with Crippen LogP contribution in [0.25, 0.3) is 0 Å². The average molecular weight is 185 g/mol. The van der Waals surface area contributed by atoms with Crippen LogP contribution in [-0.2, 0) is 4.79 Å². The van der Waals surface area contributed by atoms with E-state index in [1.807, 2.05) is 18.7 Å². The van der Waals surface area contributed by atoms with Crippen molar-refractivity contribution in [2.24, 2.45) is 11.8 Å². The lowest BCUT2D eigenvalue weighted by atomic mass is 9.87. The Bertz CT molecular complexity index is 126. The first-order chi connectivity index (χ1) is 6.24. The number of carbonyl (C=O) groups excluding carboxylic acids is 1.